The van der Waals surface area contributed by atoms with Crippen LogP contribution in [0.1, 0.15) is 23.1 Å². The maximum atomic E-state index is 14.3. The van der Waals surface area contributed by atoms with Gasteiger partial charge in [0.2, 0.25) is 18.0 Å². The number of hydrogen-bond donors (Lipinski definition) is 10. The van der Waals surface area contributed by atoms with Gasteiger partial charge in [-0.25, -0.2) is 0 Å². The van der Waals surface area contributed by atoms with Crippen molar-refractivity contribution in [3.8, 4) is 11.5 Å². The molecular weight excluding hydrogens is 696 g/mol. The molecule has 0 aromatic heterocycles. The van der Waals surface area contributed by atoms with Crippen LogP contribution in [0.5, 0.6) is 11.5 Å². The third kappa shape index (κ3) is 6.10. The van der Waals surface area contributed by atoms with E-state index < -0.39 is 102 Å². The quantitative estimate of drug-likeness (QED) is 0.0982. The minimum atomic E-state index is -2.79. The van der Waals surface area contributed by atoms with Crippen LogP contribution >= 0.6 is 0 Å². The summed E-state index contributed by atoms with van der Waals surface area (Å²) in [5, 5.41) is 90.1. The number of nitrogens with zero attached hydrogens (tertiary/aromatic N) is 2. The average Bonchev–Trinajstić information content (AvgIpc) is 3.09. The number of fused-ring (bicyclic) bond motifs is 3. The smallest absolute Gasteiger partial charge is 0.230 e. The second kappa shape index (κ2) is 14.1. The Balaban J connectivity index is 1.35. The molecular formula is C36H46N4O13. The molecule has 1 saturated heterocycles. The lowest BCUT2D eigenvalue weighted by molar-refractivity contribution is -0.277. The van der Waals surface area contributed by atoms with E-state index in [4.69, 9.17) is 15.2 Å². The van der Waals surface area contributed by atoms with Crippen molar-refractivity contribution in [1.82, 2.24) is 4.90 Å². The summed E-state index contributed by atoms with van der Waals surface area (Å²) in [7, 11) is 6.68. The summed E-state index contributed by atoms with van der Waals surface area (Å²) in [5.74, 6) is -8.19. The van der Waals surface area contributed by atoms with Crippen molar-refractivity contribution in [1.29, 1.82) is 0 Å². The van der Waals surface area contributed by atoms with Crippen LogP contribution in [0.3, 0.4) is 0 Å². The molecule has 1 heterocycles. The molecule has 4 aliphatic rings. The number of aliphatic hydroxyl groups is 7. The van der Waals surface area contributed by atoms with Gasteiger partial charge in [0.1, 0.15) is 47.6 Å². The van der Waals surface area contributed by atoms with Gasteiger partial charge in [0.25, 0.3) is 0 Å². The number of nitrogens with one attached hydrogen (secondary N) is 1. The number of Topliss-reactive ketones (excluding diaryl/α,β-unsaturated/α-hetero) is 2. The molecule has 3 fully saturated rings. The van der Waals surface area contributed by atoms with Gasteiger partial charge in [0.05, 0.1) is 24.0 Å². The Kier molecular flexibility index (Phi) is 10.2. The van der Waals surface area contributed by atoms with Gasteiger partial charge in [0.15, 0.2) is 11.4 Å². The highest BCUT2D eigenvalue weighted by atomic mass is 16.7. The average molecular weight is 743 g/mol. The number of phenols is 1. The number of aliphatic hydroxyl groups excluding tert-OH is 6. The Labute approximate surface area is 304 Å². The molecule has 11 atom stereocenters. The minimum Gasteiger partial charge on any atom is -0.507 e. The van der Waals surface area contributed by atoms with Crippen LogP contribution < -0.4 is 20.7 Å². The molecule has 0 bridgehead atoms. The van der Waals surface area contributed by atoms with E-state index in [0.717, 1.165) is 0 Å². The number of para-hydroxylation sites is 1. The highest BCUT2D eigenvalue weighted by molar-refractivity contribution is 6.25. The van der Waals surface area contributed by atoms with Gasteiger partial charge in [0, 0.05) is 49.4 Å². The molecule has 0 radical (unpaired) electrons. The Hall–Kier alpha value is -4.33. The molecule has 3 aliphatic carbocycles. The molecule has 11 N–H and O–H groups in total. The molecule has 2 aromatic carbocycles. The molecule has 2 aromatic rings. The van der Waals surface area contributed by atoms with Crippen molar-refractivity contribution in [2.45, 2.75) is 67.8 Å². The number of likely N-dealkylation sites (N-methyl/N-ethyl adjacent to an activating group) is 1. The lowest BCUT2D eigenvalue weighted by Crippen LogP contribution is -2.73. The molecule has 288 valence electrons. The first kappa shape index (κ1) is 38.4. The first-order chi connectivity index (χ1) is 24.9. The van der Waals surface area contributed by atoms with Crippen LogP contribution in [0, 0.1) is 17.8 Å². The van der Waals surface area contributed by atoms with E-state index in [2.05, 4.69) is 5.32 Å². The highest BCUT2D eigenvalue weighted by Crippen LogP contribution is 2.54. The number of aromatic hydroxyl groups is 1. The van der Waals surface area contributed by atoms with Gasteiger partial charge >= 0.3 is 0 Å². The zero-order valence-corrected chi connectivity index (χ0v) is 29.6. The Morgan fingerprint density at radius 1 is 1.04 bits per heavy atom. The number of amides is 1. The lowest BCUT2D eigenvalue weighted by Gasteiger charge is -2.53. The SMILES string of the molecule is CN(C)c1cc(NCc2ccccc2O[C@@H]2OC(CO)[C@H](O)[C@H](O)[C@@H]2O)c(O)c2c1C[C@@H]1C[C@@H]3[C@@H](N(C)C)C(O)C(C(N)=O)C(=O)[C@]3(O)C(=O)C1=C2O. The zero-order chi connectivity index (χ0) is 38.8. The normalized spacial score (nSPS) is 33.9. The van der Waals surface area contributed by atoms with Crippen molar-refractivity contribution >= 4 is 34.6 Å². The number of hydrogen-bond acceptors (Lipinski definition) is 16. The monoisotopic (exact) mass is 742 g/mol. The van der Waals surface area contributed by atoms with E-state index in [1.807, 2.05) is 0 Å². The summed E-state index contributed by atoms with van der Waals surface area (Å²) in [5.41, 5.74) is 3.99. The first-order valence-corrected chi connectivity index (χ1v) is 17.2. The Bertz CT molecular complexity index is 1830. The van der Waals surface area contributed by atoms with E-state index in [0.29, 0.717) is 16.8 Å². The van der Waals surface area contributed by atoms with Crippen LogP contribution in [0.2, 0.25) is 0 Å². The van der Waals surface area contributed by atoms with E-state index >= 15 is 0 Å². The van der Waals surface area contributed by atoms with Gasteiger partial charge in [-0.15, -0.1) is 0 Å². The molecule has 6 rings (SSSR count). The van der Waals surface area contributed by atoms with Crippen LogP contribution in [-0.2, 0) is 32.1 Å². The number of anilines is 2. The van der Waals surface area contributed by atoms with Gasteiger partial charge in [-0.05, 0) is 50.6 Å². The number of carbonyl (C=O) groups is 3. The largest absolute Gasteiger partial charge is 0.507 e. The van der Waals surface area contributed by atoms with E-state index in [1.165, 1.54) is 4.90 Å². The third-order valence-electron chi connectivity index (χ3n) is 11.1. The molecule has 0 spiro atoms. The number of carbonyl (C=O) groups excluding carboxylic acids is 3. The van der Waals surface area contributed by atoms with Crippen molar-refractivity contribution in [2.75, 3.05) is 45.0 Å². The van der Waals surface area contributed by atoms with Gasteiger partial charge in [-0.1, -0.05) is 18.2 Å². The Morgan fingerprint density at radius 3 is 2.34 bits per heavy atom. The van der Waals surface area contributed by atoms with E-state index in [1.54, 1.807) is 63.4 Å². The number of ketones is 2. The van der Waals surface area contributed by atoms with Gasteiger partial charge in [-0.3, -0.25) is 14.4 Å². The molecule has 1 amide bonds. The van der Waals surface area contributed by atoms with Crippen molar-refractivity contribution in [3.63, 3.8) is 0 Å². The number of nitrogens with two attached hydrogens (primary N) is 1. The fourth-order valence-corrected chi connectivity index (χ4v) is 8.43. The first-order valence-electron chi connectivity index (χ1n) is 17.2. The predicted octanol–water partition coefficient (Wildman–Crippen LogP) is -2.01. The van der Waals surface area contributed by atoms with Crippen LogP contribution in [0.25, 0.3) is 5.76 Å². The summed E-state index contributed by atoms with van der Waals surface area (Å²) >= 11 is 0. The fourth-order valence-electron chi connectivity index (χ4n) is 8.43. The fraction of sp³-hybridized carbons (Fsp3) is 0.528. The zero-order valence-electron chi connectivity index (χ0n) is 29.6. The second-order valence-electron chi connectivity index (χ2n) is 14.6. The Morgan fingerprint density at radius 2 is 1.72 bits per heavy atom. The maximum Gasteiger partial charge on any atom is 0.230 e. The molecule has 53 heavy (non-hydrogen) atoms. The molecule has 17 heteroatoms. The number of phenolic OH excluding ortho intramolecular Hbond substituents is 1. The van der Waals surface area contributed by atoms with Crippen LogP contribution in [-0.4, -0.2) is 146 Å². The summed E-state index contributed by atoms with van der Waals surface area (Å²) < 4.78 is 11.4. The number of rotatable bonds is 9. The van der Waals surface area contributed by atoms with Crippen LogP contribution in [0.4, 0.5) is 11.4 Å². The number of benzene rings is 2. The number of ether oxygens (including phenoxy) is 2. The minimum absolute atomic E-state index is 0.00953. The summed E-state index contributed by atoms with van der Waals surface area (Å²) in [4.78, 5) is 43.6. The summed E-state index contributed by atoms with van der Waals surface area (Å²) in [6.45, 7) is -0.649. The van der Waals surface area contributed by atoms with Crippen LogP contribution in [0.15, 0.2) is 35.9 Å². The lowest BCUT2D eigenvalue weighted by atomic mass is 9.54. The highest BCUT2D eigenvalue weighted by Gasteiger charge is 2.67. The van der Waals surface area contributed by atoms with Gasteiger partial charge in [-0.2, -0.15) is 0 Å². The van der Waals surface area contributed by atoms with Gasteiger partial charge < -0.3 is 71.2 Å². The standard InChI is InChI=1S/C36H46N4O13/c1-39(2)19-11-18(38-12-14-7-5-6-8-20(14)52-35-31(47)30(46)27(43)21(13-41)53-35)26(42)23-16(19)9-15-10-17-25(40(3)4)29(45)24(34(37)50)33(49)36(17,51)32(48)22(15)28(23)44/h5-8,11,15,17,21,24-25,27,29-31,35,38,41-47,51H,9-10,12-13H2,1-4H3,(H2,37,50)/t15-,17-,21?,24?,25-,27+,29?,30+,31+,35-,36-/m1/s1. The molecule has 3 unspecified atom stereocenters. The van der Waals surface area contributed by atoms with Crippen molar-refractivity contribution in [2.24, 2.45) is 23.5 Å². The third-order valence-corrected chi connectivity index (χ3v) is 11.1. The maximum absolute atomic E-state index is 14.3. The van der Waals surface area contributed by atoms with E-state index in [-0.39, 0.29) is 42.0 Å². The predicted molar refractivity (Wildman–Crippen MR) is 187 cm³/mol. The van der Waals surface area contributed by atoms with Crippen molar-refractivity contribution in [3.05, 3.63) is 52.6 Å². The second-order valence-corrected chi connectivity index (χ2v) is 14.6. The molecule has 17 nitrogen and oxygen atoms in total. The topological polar surface area (TPSA) is 276 Å². The van der Waals surface area contributed by atoms with Crippen molar-refractivity contribution < 1.29 is 64.7 Å². The van der Waals surface area contributed by atoms with E-state index in [9.17, 15) is 55.2 Å². The number of primary amides is 1. The summed E-state index contributed by atoms with van der Waals surface area (Å²) in [6, 6.07) is 7.23. The summed E-state index contributed by atoms with van der Waals surface area (Å²) in [6.07, 6.45) is -9.01. The molecule has 1 aliphatic heterocycles. The molecule has 2 saturated carbocycles.